The van der Waals surface area contributed by atoms with E-state index in [1.165, 1.54) is 0 Å². The molecule has 7 nitrogen and oxygen atoms in total. The molecule has 0 unspecified atom stereocenters. The summed E-state index contributed by atoms with van der Waals surface area (Å²) in [6.45, 7) is 0. The first-order valence-corrected chi connectivity index (χ1v) is 8.00. The van der Waals surface area contributed by atoms with Crippen molar-refractivity contribution in [3.8, 4) is 0 Å². The van der Waals surface area contributed by atoms with Crippen molar-refractivity contribution in [2.24, 2.45) is 13.0 Å². The van der Waals surface area contributed by atoms with Crippen LogP contribution >= 0.6 is 0 Å². The van der Waals surface area contributed by atoms with Gasteiger partial charge in [-0.1, -0.05) is 0 Å². The molecule has 0 aliphatic heterocycles. The van der Waals surface area contributed by atoms with E-state index in [1.54, 1.807) is 29.3 Å². The first-order valence-electron chi connectivity index (χ1n) is 8.00. The number of carbonyl (C=O) groups excluding carboxylic acids is 1. The van der Waals surface area contributed by atoms with Crippen LogP contribution in [0.5, 0.6) is 0 Å². The number of aliphatic hydroxyl groups is 1. The summed E-state index contributed by atoms with van der Waals surface area (Å²) in [4.78, 5) is 16.9. The molecule has 1 atom stereocenters. The lowest BCUT2D eigenvalue weighted by molar-refractivity contribution is 0.0235. The van der Waals surface area contributed by atoms with Gasteiger partial charge in [-0.05, 0) is 30.9 Å². The molecule has 124 valence electrons. The Balaban J connectivity index is 1.58. The molecule has 1 amide bonds. The van der Waals surface area contributed by atoms with E-state index in [2.05, 4.69) is 15.4 Å². The number of aryl methyl sites for hydroxylation is 1. The van der Waals surface area contributed by atoms with Crippen molar-refractivity contribution in [3.05, 3.63) is 54.2 Å². The lowest BCUT2D eigenvalue weighted by atomic mass is 9.75. The highest BCUT2D eigenvalue weighted by Crippen LogP contribution is 2.38. The Morgan fingerprint density at radius 2 is 2.21 bits per heavy atom. The minimum absolute atomic E-state index is 0.138. The minimum atomic E-state index is -0.270. The molecular formula is C17H19N5O2. The topological polar surface area (TPSA) is 84.5 Å². The van der Waals surface area contributed by atoms with E-state index in [0.717, 1.165) is 11.2 Å². The van der Waals surface area contributed by atoms with Gasteiger partial charge >= 0.3 is 0 Å². The number of pyridine rings is 1. The monoisotopic (exact) mass is 325 g/mol. The van der Waals surface area contributed by atoms with Gasteiger partial charge < -0.3 is 14.8 Å². The number of nitrogens with one attached hydrogen (secondary N) is 1. The molecule has 7 heteroatoms. The summed E-state index contributed by atoms with van der Waals surface area (Å²) in [5, 5.41) is 16.9. The number of carbonyl (C=O) groups is 1. The maximum atomic E-state index is 12.7. The SMILES string of the molecule is Cn1cc([C@@H](NC(=O)c2ccc3nccn3c2)C2CC(O)C2)cn1. The Labute approximate surface area is 138 Å². The van der Waals surface area contributed by atoms with E-state index in [9.17, 15) is 9.90 Å². The highest BCUT2D eigenvalue weighted by molar-refractivity contribution is 5.94. The average molecular weight is 325 g/mol. The van der Waals surface area contributed by atoms with Crippen molar-refractivity contribution >= 4 is 11.6 Å². The van der Waals surface area contributed by atoms with Crippen LogP contribution in [0.3, 0.4) is 0 Å². The first-order chi connectivity index (χ1) is 11.6. The average Bonchev–Trinajstić information content (AvgIpc) is 3.17. The molecule has 0 bridgehead atoms. The second kappa shape index (κ2) is 5.76. The van der Waals surface area contributed by atoms with Gasteiger partial charge in [0.15, 0.2) is 0 Å². The molecule has 0 aromatic carbocycles. The second-order valence-electron chi connectivity index (χ2n) is 6.39. The third-order valence-electron chi connectivity index (χ3n) is 4.64. The van der Waals surface area contributed by atoms with Crippen molar-refractivity contribution in [2.45, 2.75) is 25.0 Å². The predicted molar refractivity (Wildman–Crippen MR) is 87.3 cm³/mol. The molecular weight excluding hydrogens is 306 g/mol. The predicted octanol–water partition coefficient (Wildman–Crippen LogP) is 1.31. The van der Waals surface area contributed by atoms with Gasteiger partial charge in [0.2, 0.25) is 0 Å². The molecule has 3 heterocycles. The first kappa shape index (κ1) is 14.9. The van der Waals surface area contributed by atoms with Crippen molar-refractivity contribution in [2.75, 3.05) is 0 Å². The molecule has 3 aromatic rings. The molecule has 1 saturated carbocycles. The van der Waals surface area contributed by atoms with Gasteiger partial charge in [-0.15, -0.1) is 0 Å². The molecule has 0 spiro atoms. The highest BCUT2D eigenvalue weighted by Gasteiger charge is 2.36. The van der Waals surface area contributed by atoms with E-state index in [0.29, 0.717) is 18.4 Å². The normalized spacial score (nSPS) is 21.4. The van der Waals surface area contributed by atoms with Gasteiger partial charge in [0.05, 0.1) is 23.9 Å². The van der Waals surface area contributed by atoms with Gasteiger partial charge in [-0.2, -0.15) is 5.10 Å². The number of rotatable bonds is 4. The zero-order valence-corrected chi connectivity index (χ0v) is 13.3. The summed E-state index contributed by atoms with van der Waals surface area (Å²) in [6.07, 6.45) is 10.1. The Bertz CT molecular complexity index is 878. The Hall–Kier alpha value is -2.67. The van der Waals surface area contributed by atoms with Crippen molar-refractivity contribution in [1.29, 1.82) is 0 Å². The van der Waals surface area contributed by atoms with Gasteiger partial charge in [0.1, 0.15) is 5.65 Å². The lowest BCUT2D eigenvalue weighted by Gasteiger charge is -2.37. The van der Waals surface area contributed by atoms with Crippen LogP contribution in [0.2, 0.25) is 0 Å². The zero-order chi connectivity index (χ0) is 16.7. The number of imidazole rings is 1. The van der Waals surface area contributed by atoms with Crippen LogP contribution in [0, 0.1) is 5.92 Å². The highest BCUT2D eigenvalue weighted by atomic mass is 16.3. The number of hydrogen-bond donors (Lipinski definition) is 2. The van der Waals surface area contributed by atoms with E-state index in [4.69, 9.17) is 0 Å². The molecule has 1 aliphatic carbocycles. The Morgan fingerprint density at radius 1 is 1.38 bits per heavy atom. The van der Waals surface area contributed by atoms with Crippen LogP contribution in [0.1, 0.15) is 34.8 Å². The summed E-state index contributed by atoms with van der Waals surface area (Å²) in [7, 11) is 1.85. The van der Waals surface area contributed by atoms with Gasteiger partial charge in [-0.25, -0.2) is 4.98 Å². The van der Waals surface area contributed by atoms with Crippen molar-refractivity contribution < 1.29 is 9.90 Å². The smallest absolute Gasteiger partial charge is 0.253 e. The van der Waals surface area contributed by atoms with Crippen molar-refractivity contribution in [1.82, 2.24) is 24.5 Å². The van der Waals surface area contributed by atoms with E-state index in [-0.39, 0.29) is 24.0 Å². The van der Waals surface area contributed by atoms with Gasteiger partial charge in [-0.3, -0.25) is 9.48 Å². The lowest BCUT2D eigenvalue weighted by Crippen LogP contribution is -2.41. The van der Waals surface area contributed by atoms with Gasteiger partial charge in [0.25, 0.3) is 5.91 Å². The van der Waals surface area contributed by atoms with Crippen LogP contribution in [0.4, 0.5) is 0 Å². The number of amides is 1. The maximum Gasteiger partial charge on any atom is 0.253 e. The number of aliphatic hydroxyl groups excluding tert-OH is 1. The summed E-state index contributed by atoms with van der Waals surface area (Å²) in [5.74, 6) is 0.0889. The fourth-order valence-electron chi connectivity index (χ4n) is 3.26. The summed E-state index contributed by atoms with van der Waals surface area (Å²) < 4.78 is 3.54. The fraction of sp³-hybridized carbons (Fsp3) is 0.353. The molecule has 3 aromatic heterocycles. The summed E-state index contributed by atoms with van der Waals surface area (Å²) >= 11 is 0. The minimum Gasteiger partial charge on any atom is -0.393 e. The number of nitrogens with zero attached hydrogens (tertiary/aromatic N) is 4. The van der Waals surface area contributed by atoms with Crippen LogP contribution in [-0.4, -0.2) is 36.3 Å². The Morgan fingerprint density at radius 3 is 2.92 bits per heavy atom. The van der Waals surface area contributed by atoms with Crippen molar-refractivity contribution in [3.63, 3.8) is 0 Å². The standard InChI is InChI=1S/C17H19N5O2/c1-21-9-13(8-19-21)16(12-6-14(23)7-12)20-17(24)11-2-3-15-18-4-5-22(15)10-11/h2-5,8-10,12,14,16,23H,6-7H2,1H3,(H,20,24)/t12?,14?,16-/m0/s1. The van der Waals surface area contributed by atoms with Crippen LogP contribution in [-0.2, 0) is 7.05 Å². The third-order valence-corrected chi connectivity index (χ3v) is 4.64. The zero-order valence-electron chi connectivity index (χ0n) is 13.3. The maximum absolute atomic E-state index is 12.7. The second-order valence-corrected chi connectivity index (χ2v) is 6.39. The summed E-state index contributed by atoms with van der Waals surface area (Å²) in [6, 6.07) is 3.45. The molecule has 1 aliphatic rings. The van der Waals surface area contributed by atoms with E-state index < -0.39 is 0 Å². The Kier molecular flexibility index (Phi) is 3.57. The third kappa shape index (κ3) is 2.67. The largest absolute Gasteiger partial charge is 0.393 e. The fourth-order valence-corrected chi connectivity index (χ4v) is 3.26. The number of fused-ring (bicyclic) bond motifs is 1. The number of aromatic nitrogens is 4. The molecule has 0 saturated heterocycles. The van der Waals surface area contributed by atoms with Gasteiger partial charge in [0, 0.05) is 37.4 Å². The number of hydrogen-bond acceptors (Lipinski definition) is 4. The molecule has 24 heavy (non-hydrogen) atoms. The molecule has 0 radical (unpaired) electrons. The van der Waals surface area contributed by atoms with E-state index in [1.807, 2.05) is 29.9 Å². The molecule has 2 N–H and O–H groups in total. The molecule has 4 rings (SSSR count). The van der Waals surface area contributed by atoms with Crippen LogP contribution in [0.15, 0.2) is 43.1 Å². The van der Waals surface area contributed by atoms with Crippen LogP contribution < -0.4 is 5.32 Å². The summed E-state index contributed by atoms with van der Waals surface area (Å²) in [5.41, 5.74) is 2.35. The molecule has 1 fully saturated rings. The quantitative estimate of drug-likeness (QED) is 0.757. The van der Waals surface area contributed by atoms with Crippen LogP contribution in [0.25, 0.3) is 5.65 Å². The van der Waals surface area contributed by atoms with E-state index >= 15 is 0 Å².